The topological polar surface area (TPSA) is 71.0 Å². The molecule has 1 atom stereocenters. The van der Waals surface area contributed by atoms with Crippen molar-refractivity contribution in [3.05, 3.63) is 0 Å². The molecule has 5 nitrogen and oxygen atoms in total. The summed E-state index contributed by atoms with van der Waals surface area (Å²) in [6, 6.07) is 0. The van der Waals surface area contributed by atoms with E-state index in [1.54, 1.807) is 6.92 Å². The second-order valence-electron chi connectivity index (χ2n) is 3.48. The molecular weight excluding hydrogens is 286 g/mol. The number of rotatable bonds is 5. The molecule has 0 radical (unpaired) electrons. The molecule has 17 heavy (non-hydrogen) atoms. The largest absolute Gasteiger partial charge is 0.292 e. The number of aliphatic imine (C=N–C) groups is 2. The number of hydrogen-bond acceptors (Lipinski definition) is 5. The van der Waals surface area contributed by atoms with Gasteiger partial charge in [0, 0.05) is 12.3 Å². The fourth-order valence-corrected chi connectivity index (χ4v) is 1.67. The molecule has 0 saturated carbocycles. The van der Waals surface area contributed by atoms with Crippen LogP contribution in [0.3, 0.4) is 0 Å². The van der Waals surface area contributed by atoms with Gasteiger partial charge in [-0.1, -0.05) is 23.2 Å². The SMILES string of the molecule is CC1=NC(CCCCl)=NC(C(=O)C(Cl)Cl)N1N. The first-order chi connectivity index (χ1) is 7.97. The number of carbonyl (C=O) groups is 1. The quantitative estimate of drug-likeness (QED) is 0.620. The minimum absolute atomic E-state index is 0.464. The van der Waals surface area contributed by atoms with Crippen LogP contribution in [-0.4, -0.2) is 39.3 Å². The molecule has 96 valence electrons. The van der Waals surface area contributed by atoms with E-state index in [-0.39, 0.29) is 0 Å². The molecule has 0 amide bonds. The molecule has 0 fully saturated rings. The third-order valence-electron chi connectivity index (χ3n) is 2.20. The van der Waals surface area contributed by atoms with Crippen molar-refractivity contribution in [2.24, 2.45) is 15.8 Å². The van der Waals surface area contributed by atoms with E-state index in [0.717, 1.165) is 11.4 Å². The van der Waals surface area contributed by atoms with Crippen LogP contribution < -0.4 is 5.84 Å². The monoisotopic (exact) mass is 298 g/mol. The molecule has 1 aliphatic rings. The van der Waals surface area contributed by atoms with Crippen molar-refractivity contribution in [1.82, 2.24) is 5.01 Å². The molecule has 0 aliphatic carbocycles. The standard InChI is InChI=1S/C9H13Cl3N4O/c1-5-14-6(3-2-4-10)15-9(16(5)13)7(17)8(11)12/h8-9H,2-4,13H2,1H3. The van der Waals surface area contributed by atoms with E-state index in [1.807, 2.05) is 0 Å². The van der Waals surface area contributed by atoms with Gasteiger partial charge in [-0.25, -0.2) is 15.8 Å². The van der Waals surface area contributed by atoms with Gasteiger partial charge in [-0.05, 0) is 13.3 Å². The van der Waals surface area contributed by atoms with Crippen LogP contribution in [0.5, 0.6) is 0 Å². The van der Waals surface area contributed by atoms with Crippen LogP contribution in [0.4, 0.5) is 0 Å². The third kappa shape index (κ3) is 3.81. The van der Waals surface area contributed by atoms with Gasteiger partial charge in [-0.2, -0.15) is 0 Å². The lowest BCUT2D eigenvalue weighted by atomic mass is 10.2. The maximum absolute atomic E-state index is 11.7. The zero-order valence-corrected chi connectivity index (χ0v) is 11.5. The Morgan fingerprint density at radius 3 is 2.76 bits per heavy atom. The molecule has 0 saturated heterocycles. The van der Waals surface area contributed by atoms with Crippen molar-refractivity contribution >= 4 is 52.3 Å². The van der Waals surface area contributed by atoms with Gasteiger partial charge in [0.2, 0.25) is 5.78 Å². The van der Waals surface area contributed by atoms with Crippen molar-refractivity contribution in [2.45, 2.75) is 30.8 Å². The van der Waals surface area contributed by atoms with Crippen molar-refractivity contribution < 1.29 is 4.79 Å². The second kappa shape index (κ2) is 6.54. The minimum atomic E-state index is -1.16. The number of alkyl halides is 3. The molecule has 1 heterocycles. The van der Waals surface area contributed by atoms with E-state index in [1.165, 1.54) is 0 Å². The van der Waals surface area contributed by atoms with Crippen molar-refractivity contribution in [1.29, 1.82) is 0 Å². The summed E-state index contributed by atoms with van der Waals surface area (Å²) < 4.78 is 0. The molecule has 1 unspecified atom stereocenters. The lowest BCUT2D eigenvalue weighted by Crippen LogP contribution is -2.51. The predicted octanol–water partition coefficient (Wildman–Crippen LogP) is 1.71. The number of Topliss-reactive ketones (excluding diaryl/α,β-unsaturated/α-hetero) is 1. The smallest absolute Gasteiger partial charge is 0.211 e. The number of hydrazine groups is 1. The lowest BCUT2D eigenvalue weighted by Gasteiger charge is -2.28. The Labute approximate surface area is 115 Å². The first-order valence-corrected chi connectivity index (χ1v) is 6.42. The van der Waals surface area contributed by atoms with Gasteiger partial charge in [-0.15, -0.1) is 11.6 Å². The minimum Gasteiger partial charge on any atom is -0.292 e. The molecule has 0 aromatic heterocycles. The van der Waals surface area contributed by atoms with Gasteiger partial charge in [0.25, 0.3) is 0 Å². The maximum atomic E-state index is 11.7. The van der Waals surface area contributed by atoms with Gasteiger partial charge in [0.1, 0.15) is 11.7 Å². The fraction of sp³-hybridized carbons (Fsp3) is 0.667. The number of amidine groups is 2. The van der Waals surface area contributed by atoms with Crippen LogP contribution in [0.15, 0.2) is 9.98 Å². The normalized spacial score (nSPS) is 20.4. The number of nitrogens with two attached hydrogens (primary N) is 1. The number of hydrogen-bond donors (Lipinski definition) is 1. The highest BCUT2D eigenvalue weighted by Gasteiger charge is 2.31. The highest BCUT2D eigenvalue weighted by molar-refractivity contribution is 6.54. The van der Waals surface area contributed by atoms with Crippen LogP contribution in [0.1, 0.15) is 19.8 Å². The summed E-state index contributed by atoms with van der Waals surface area (Å²) in [4.78, 5) is 18.8. The van der Waals surface area contributed by atoms with Crippen LogP contribution in [0.2, 0.25) is 0 Å². The summed E-state index contributed by atoms with van der Waals surface area (Å²) in [5.41, 5.74) is 0. The Balaban J connectivity index is 2.86. The maximum Gasteiger partial charge on any atom is 0.211 e. The Hall–Kier alpha value is -0.360. The van der Waals surface area contributed by atoms with E-state index < -0.39 is 16.8 Å². The van der Waals surface area contributed by atoms with E-state index in [4.69, 9.17) is 40.6 Å². The molecular formula is C9H13Cl3N4O. The third-order valence-corrected chi connectivity index (χ3v) is 2.90. The molecule has 2 N–H and O–H groups in total. The van der Waals surface area contributed by atoms with Crippen molar-refractivity contribution in [3.8, 4) is 0 Å². The lowest BCUT2D eigenvalue weighted by molar-refractivity contribution is -0.121. The van der Waals surface area contributed by atoms with Gasteiger partial charge in [0.05, 0.1) is 0 Å². The highest BCUT2D eigenvalue weighted by atomic mass is 35.5. The van der Waals surface area contributed by atoms with E-state index in [9.17, 15) is 4.79 Å². The number of nitrogens with zero attached hydrogens (tertiary/aromatic N) is 3. The first-order valence-electron chi connectivity index (χ1n) is 5.01. The van der Waals surface area contributed by atoms with Gasteiger partial charge < -0.3 is 0 Å². The zero-order valence-electron chi connectivity index (χ0n) is 9.24. The second-order valence-corrected chi connectivity index (χ2v) is 4.96. The molecule has 0 aromatic carbocycles. The molecule has 1 rings (SSSR count). The average Bonchev–Trinajstić information content (AvgIpc) is 2.29. The summed E-state index contributed by atoms with van der Waals surface area (Å²) in [7, 11) is 0. The summed E-state index contributed by atoms with van der Waals surface area (Å²) in [5.74, 6) is 6.76. The number of halogens is 3. The molecule has 8 heteroatoms. The molecule has 0 bridgehead atoms. The fourth-order valence-electron chi connectivity index (χ4n) is 1.31. The zero-order chi connectivity index (χ0) is 13.0. The van der Waals surface area contributed by atoms with E-state index >= 15 is 0 Å². The highest BCUT2D eigenvalue weighted by Crippen LogP contribution is 2.15. The Bertz CT molecular complexity index is 356. The van der Waals surface area contributed by atoms with Gasteiger partial charge in [-0.3, -0.25) is 9.80 Å². The molecule has 1 aliphatic heterocycles. The summed E-state index contributed by atoms with van der Waals surface area (Å²) >= 11 is 16.6. The summed E-state index contributed by atoms with van der Waals surface area (Å²) in [6.07, 6.45) is 0.416. The summed E-state index contributed by atoms with van der Waals surface area (Å²) in [5, 5.41) is 1.16. The van der Waals surface area contributed by atoms with Crippen LogP contribution >= 0.6 is 34.8 Å². The van der Waals surface area contributed by atoms with Crippen molar-refractivity contribution in [3.63, 3.8) is 0 Å². The van der Waals surface area contributed by atoms with E-state index in [0.29, 0.717) is 24.0 Å². The Morgan fingerprint density at radius 2 is 2.24 bits per heavy atom. The van der Waals surface area contributed by atoms with Crippen LogP contribution in [-0.2, 0) is 4.79 Å². The first kappa shape index (κ1) is 14.7. The average molecular weight is 300 g/mol. The number of ketones is 1. The molecule has 0 aromatic rings. The van der Waals surface area contributed by atoms with E-state index in [2.05, 4.69) is 9.98 Å². The predicted molar refractivity (Wildman–Crippen MR) is 70.8 cm³/mol. The van der Waals surface area contributed by atoms with Crippen LogP contribution in [0.25, 0.3) is 0 Å². The summed E-state index contributed by atoms with van der Waals surface area (Å²) in [6.45, 7) is 1.69. The number of carbonyl (C=O) groups excluding carboxylic acids is 1. The Morgan fingerprint density at radius 1 is 1.59 bits per heavy atom. The van der Waals surface area contributed by atoms with Gasteiger partial charge in [0.15, 0.2) is 11.0 Å². The van der Waals surface area contributed by atoms with Gasteiger partial charge >= 0.3 is 0 Å². The molecule has 0 spiro atoms. The van der Waals surface area contributed by atoms with Crippen molar-refractivity contribution in [2.75, 3.05) is 5.88 Å². The van der Waals surface area contributed by atoms with Crippen LogP contribution in [0, 0.1) is 0 Å². The Kier molecular flexibility index (Phi) is 5.66.